The van der Waals surface area contributed by atoms with Crippen molar-refractivity contribution in [1.29, 1.82) is 0 Å². The third-order valence-corrected chi connectivity index (χ3v) is 3.21. The number of thiazole rings is 1. The maximum Gasteiger partial charge on any atom is 0.106 e. The van der Waals surface area contributed by atoms with Gasteiger partial charge in [-0.05, 0) is 12.5 Å². The Kier molecular flexibility index (Phi) is 3.29. The lowest BCUT2D eigenvalue weighted by Crippen LogP contribution is -2.36. The molecule has 2 rings (SSSR count). The number of rotatable bonds is 4. The van der Waals surface area contributed by atoms with Gasteiger partial charge < -0.3 is 10.6 Å². The van der Waals surface area contributed by atoms with Crippen molar-refractivity contribution in [3.05, 3.63) is 27.7 Å². The van der Waals surface area contributed by atoms with E-state index in [2.05, 4.69) is 22.5 Å². The maximum absolute atomic E-state index is 4.22. The summed E-state index contributed by atoms with van der Waals surface area (Å²) in [6.07, 6.45) is 1.85. The van der Waals surface area contributed by atoms with E-state index in [1.807, 2.05) is 11.6 Å². The van der Waals surface area contributed by atoms with Crippen molar-refractivity contribution in [3.8, 4) is 0 Å². The van der Waals surface area contributed by atoms with Crippen molar-refractivity contribution in [1.82, 2.24) is 15.6 Å². The van der Waals surface area contributed by atoms with Gasteiger partial charge in [-0.2, -0.15) is 0 Å². The van der Waals surface area contributed by atoms with Crippen LogP contribution in [0.5, 0.6) is 0 Å². The second-order valence-corrected chi connectivity index (χ2v) is 4.50. The van der Waals surface area contributed by atoms with Gasteiger partial charge in [0.25, 0.3) is 0 Å². The lowest BCUT2D eigenvalue weighted by atomic mass is 10.0. The Morgan fingerprint density at radius 3 is 3.07 bits per heavy atom. The SMILES string of the molecule is CC(CNCc1nccs1)=C1CNC1. The molecule has 0 amide bonds. The molecule has 1 aromatic heterocycles. The van der Waals surface area contributed by atoms with Crippen LogP contribution in [0, 0.1) is 0 Å². The molecule has 1 saturated heterocycles. The summed E-state index contributed by atoms with van der Waals surface area (Å²) in [6.45, 7) is 6.22. The van der Waals surface area contributed by atoms with Gasteiger partial charge in [-0.25, -0.2) is 4.98 Å². The molecule has 76 valence electrons. The number of nitrogens with one attached hydrogen (secondary N) is 2. The van der Waals surface area contributed by atoms with E-state index in [4.69, 9.17) is 0 Å². The fraction of sp³-hybridized carbons (Fsp3) is 0.500. The predicted octanol–water partition coefficient (Wildman–Crippen LogP) is 1.15. The molecular weight excluding hydrogens is 194 g/mol. The largest absolute Gasteiger partial charge is 0.309 e. The quantitative estimate of drug-likeness (QED) is 0.731. The van der Waals surface area contributed by atoms with Crippen LogP contribution in [0.15, 0.2) is 22.7 Å². The highest BCUT2D eigenvalue weighted by Gasteiger charge is 2.09. The average molecular weight is 209 g/mol. The van der Waals surface area contributed by atoms with Crippen molar-refractivity contribution in [2.45, 2.75) is 13.5 Å². The van der Waals surface area contributed by atoms with Crippen molar-refractivity contribution in [2.24, 2.45) is 0 Å². The highest BCUT2D eigenvalue weighted by molar-refractivity contribution is 7.09. The molecule has 1 aromatic rings. The summed E-state index contributed by atoms with van der Waals surface area (Å²) in [5.74, 6) is 0. The molecule has 1 aliphatic heterocycles. The van der Waals surface area contributed by atoms with E-state index in [1.165, 1.54) is 5.57 Å². The molecule has 0 unspecified atom stereocenters. The summed E-state index contributed by atoms with van der Waals surface area (Å²) in [4.78, 5) is 4.22. The van der Waals surface area contributed by atoms with Gasteiger partial charge >= 0.3 is 0 Å². The monoisotopic (exact) mass is 209 g/mol. The van der Waals surface area contributed by atoms with Crippen LogP contribution in [0.4, 0.5) is 0 Å². The molecule has 0 aromatic carbocycles. The smallest absolute Gasteiger partial charge is 0.106 e. The zero-order valence-corrected chi connectivity index (χ0v) is 9.16. The number of nitrogens with zero attached hydrogens (tertiary/aromatic N) is 1. The molecule has 1 fully saturated rings. The van der Waals surface area contributed by atoms with E-state index < -0.39 is 0 Å². The lowest BCUT2D eigenvalue weighted by molar-refractivity contribution is 0.640. The van der Waals surface area contributed by atoms with Gasteiger partial charge in [-0.3, -0.25) is 0 Å². The normalized spacial score (nSPS) is 15.4. The van der Waals surface area contributed by atoms with Crippen LogP contribution in [-0.2, 0) is 6.54 Å². The molecule has 2 N–H and O–H groups in total. The van der Waals surface area contributed by atoms with Crippen LogP contribution in [0.25, 0.3) is 0 Å². The number of aromatic nitrogens is 1. The Morgan fingerprint density at radius 1 is 1.64 bits per heavy atom. The molecule has 14 heavy (non-hydrogen) atoms. The minimum absolute atomic E-state index is 0.885. The minimum atomic E-state index is 0.885. The third kappa shape index (κ3) is 2.41. The zero-order chi connectivity index (χ0) is 9.80. The first kappa shape index (κ1) is 9.83. The summed E-state index contributed by atoms with van der Waals surface area (Å²) in [7, 11) is 0. The Labute approximate surface area is 88.3 Å². The topological polar surface area (TPSA) is 37.0 Å². The lowest BCUT2D eigenvalue weighted by Gasteiger charge is -2.22. The van der Waals surface area contributed by atoms with Crippen LogP contribution in [0.3, 0.4) is 0 Å². The van der Waals surface area contributed by atoms with E-state index in [1.54, 1.807) is 16.9 Å². The summed E-state index contributed by atoms with van der Waals surface area (Å²) in [6, 6.07) is 0. The average Bonchev–Trinajstić information content (AvgIpc) is 2.53. The van der Waals surface area contributed by atoms with E-state index in [9.17, 15) is 0 Å². The summed E-state index contributed by atoms with van der Waals surface area (Å²) < 4.78 is 0. The molecule has 1 aliphatic rings. The fourth-order valence-electron chi connectivity index (χ4n) is 1.37. The van der Waals surface area contributed by atoms with Crippen molar-refractivity contribution in [3.63, 3.8) is 0 Å². The zero-order valence-electron chi connectivity index (χ0n) is 8.34. The first-order chi connectivity index (χ1) is 6.86. The van der Waals surface area contributed by atoms with Crippen molar-refractivity contribution < 1.29 is 0 Å². The Hall–Kier alpha value is -0.710. The van der Waals surface area contributed by atoms with Crippen LogP contribution < -0.4 is 10.6 Å². The fourth-order valence-corrected chi connectivity index (χ4v) is 1.96. The highest BCUT2D eigenvalue weighted by atomic mass is 32.1. The number of hydrogen-bond donors (Lipinski definition) is 2. The highest BCUT2D eigenvalue weighted by Crippen LogP contribution is 2.08. The van der Waals surface area contributed by atoms with Crippen LogP contribution >= 0.6 is 11.3 Å². The number of hydrogen-bond acceptors (Lipinski definition) is 4. The summed E-state index contributed by atoms with van der Waals surface area (Å²) in [5.41, 5.74) is 3.02. The maximum atomic E-state index is 4.22. The predicted molar refractivity (Wildman–Crippen MR) is 59.4 cm³/mol. The van der Waals surface area contributed by atoms with Crippen LogP contribution in [-0.4, -0.2) is 24.6 Å². The molecule has 3 nitrogen and oxygen atoms in total. The third-order valence-electron chi connectivity index (χ3n) is 2.43. The molecular formula is C10H15N3S. The Bertz CT molecular complexity index is 310. The molecule has 0 atom stereocenters. The molecule has 0 spiro atoms. The first-order valence-electron chi connectivity index (χ1n) is 4.83. The molecule has 2 heterocycles. The van der Waals surface area contributed by atoms with Gasteiger partial charge in [0.05, 0.1) is 0 Å². The van der Waals surface area contributed by atoms with E-state index in [-0.39, 0.29) is 0 Å². The molecule has 0 saturated carbocycles. The molecule has 4 heteroatoms. The molecule has 0 radical (unpaired) electrons. The minimum Gasteiger partial charge on any atom is -0.309 e. The van der Waals surface area contributed by atoms with Gasteiger partial charge in [0.1, 0.15) is 5.01 Å². The molecule has 0 bridgehead atoms. The summed E-state index contributed by atoms with van der Waals surface area (Å²) in [5, 5.41) is 9.82. The van der Waals surface area contributed by atoms with Gasteiger partial charge in [-0.1, -0.05) is 5.57 Å². The first-order valence-corrected chi connectivity index (χ1v) is 5.71. The van der Waals surface area contributed by atoms with Gasteiger partial charge in [0.2, 0.25) is 0 Å². The standard InChI is InChI=1S/C10H15N3S/c1-8(9-5-12-6-9)4-11-7-10-13-2-3-14-10/h2-3,11-12H,4-7H2,1H3. The van der Waals surface area contributed by atoms with Crippen molar-refractivity contribution in [2.75, 3.05) is 19.6 Å². The van der Waals surface area contributed by atoms with Crippen molar-refractivity contribution >= 4 is 11.3 Å². The van der Waals surface area contributed by atoms with E-state index in [0.717, 1.165) is 31.2 Å². The summed E-state index contributed by atoms with van der Waals surface area (Å²) >= 11 is 1.70. The van der Waals surface area contributed by atoms with Gasteiger partial charge in [0.15, 0.2) is 0 Å². The second-order valence-electron chi connectivity index (χ2n) is 3.52. The Morgan fingerprint density at radius 2 is 2.50 bits per heavy atom. The van der Waals surface area contributed by atoms with E-state index in [0.29, 0.717) is 0 Å². The van der Waals surface area contributed by atoms with Crippen LogP contribution in [0.1, 0.15) is 11.9 Å². The Balaban J connectivity index is 1.73. The molecule has 0 aliphatic carbocycles. The second kappa shape index (κ2) is 4.68. The van der Waals surface area contributed by atoms with Gasteiger partial charge in [-0.15, -0.1) is 11.3 Å². The van der Waals surface area contributed by atoms with Crippen LogP contribution in [0.2, 0.25) is 0 Å². The van der Waals surface area contributed by atoms with E-state index >= 15 is 0 Å². The van der Waals surface area contributed by atoms with Gasteiger partial charge in [0, 0.05) is 37.8 Å².